The number of likely N-dealkylation sites (tertiary alicyclic amines) is 1. The average molecular weight is 433 g/mol. The smallest absolute Gasteiger partial charge is 0.263 e. The molecule has 7 heteroatoms. The van der Waals surface area contributed by atoms with Gasteiger partial charge in [-0.15, -0.1) is 12.4 Å². The van der Waals surface area contributed by atoms with Crippen molar-refractivity contribution in [2.75, 3.05) is 39.3 Å². The zero-order valence-electron chi connectivity index (χ0n) is 14.8. The van der Waals surface area contributed by atoms with Crippen LogP contribution in [0.25, 0.3) is 0 Å². The number of hydrogen-bond acceptors (Lipinski definition) is 4. The number of benzene rings is 1. The Kier molecular flexibility index (Phi) is 7.55. The highest BCUT2D eigenvalue weighted by molar-refractivity contribution is 9.10. The number of carbonyl (C=O) groups excluding carboxylic acids is 1. The van der Waals surface area contributed by atoms with Crippen LogP contribution < -0.4 is 10.1 Å². The zero-order chi connectivity index (χ0) is 17.1. The third-order valence-electron chi connectivity index (χ3n) is 4.88. The number of ether oxygens (including phenoxy) is 1. The van der Waals surface area contributed by atoms with Gasteiger partial charge in [0, 0.05) is 45.3 Å². The standard InChI is InChI=1S/C18H26BrN3O2.ClH/c1-13-3-4-17(16(19)11-13)24-14(2)18(23)22-8-5-15(12-22)21-9-6-20-7-10-21;/h3-4,11,14-15,20H,5-10,12H2,1-2H3;1H. The highest BCUT2D eigenvalue weighted by Crippen LogP contribution is 2.27. The second-order valence-corrected chi connectivity index (χ2v) is 7.56. The van der Waals surface area contributed by atoms with Crippen LogP contribution in [-0.2, 0) is 4.79 Å². The van der Waals surface area contributed by atoms with Gasteiger partial charge < -0.3 is 15.0 Å². The van der Waals surface area contributed by atoms with Gasteiger partial charge in [-0.3, -0.25) is 9.69 Å². The van der Waals surface area contributed by atoms with Crippen LogP contribution in [0.5, 0.6) is 5.75 Å². The molecule has 1 amide bonds. The van der Waals surface area contributed by atoms with E-state index in [9.17, 15) is 4.79 Å². The summed E-state index contributed by atoms with van der Waals surface area (Å²) in [4.78, 5) is 17.2. The summed E-state index contributed by atoms with van der Waals surface area (Å²) < 4.78 is 6.78. The molecule has 5 nitrogen and oxygen atoms in total. The van der Waals surface area contributed by atoms with Crippen LogP contribution in [0, 0.1) is 6.92 Å². The predicted octanol–water partition coefficient (Wildman–Crippen LogP) is 2.45. The summed E-state index contributed by atoms with van der Waals surface area (Å²) in [5.74, 6) is 0.805. The van der Waals surface area contributed by atoms with Crippen molar-refractivity contribution in [1.82, 2.24) is 15.1 Å². The molecule has 1 N–H and O–H groups in total. The second-order valence-electron chi connectivity index (χ2n) is 6.71. The molecule has 0 aromatic heterocycles. The topological polar surface area (TPSA) is 44.8 Å². The molecule has 1 aromatic carbocycles. The molecule has 1 aromatic rings. The first-order chi connectivity index (χ1) is 11.5. The van der Waals surface area contributed by atoms with E-state index in [0.29, 0.717) is 6.04 Å². The summed E-state index contributed by atoms with van der Waals surface area (Å²) in [6.07, 6.45) is 0.595. The second kappa shape index (κ2) is 9.21. The molecule has 2 aliphatic heterocycles. The van der Waals surface area contributed by atoms with E-state index in [1.165, 1.54) is 0 Å². The van der Waals surface area contributed by atoms with Gasteiger partial charge in [0.25, 0.3) is 5.91 Å². The molecule has 0 aliphatic carbocycles. The number of amides is 1. The Morgan fingerprint density at radius 2 is 2.04 bits per heavy atom. The summed E-state index contributed by atoms with van der Waals surface area (Å²) >= 11 is 3.51. The molecule has 140 valence electrons. The van der Waals surface area contributed by atoms with Crippen molar-refractivity contribution in [1.29, 1.82) is 0 Å². The molecule has 0 radical (unpaired) electrons. The van der Waals surface area contributed by atoms with Crippen LogP contribution in [0.2, 0.25) is 0 Å². The zero-order valence-corrected chi connectivity index (χ0v) is 17.2. The van der Waals surface area contributed by atoms with E-state index in [1.54, 1.807) is 0 Å². The number of aryl methyl sites for hydroxylation is 1. The lowest BCUT2D eigenvalue weighted by Gasteiger charge is -2.32. The van der Waals surface area contributed by atoms with Crippen molar-refractivity contribution in [2.45, 2.75) is 32.4 Å². The largest absolute Gasteiger partial charge is 0.480 e. The molecular formula is C18H27BrClN3O2. The van der Waals surface area contributed by atoms with E-state index in [4.69, 9.17) is 4.74 Å². The normalized spacial score (nSPS) is 22.4. The number of piperazine rings is 1. The Labute approximate surface area is 164 Å². The first-order valence-electron chi connectivity index (χ1n) is 8.71. The van der Waals surface area contributed by atoms with Gasteiger partial charge in [0.05, 0.1) is 4.47 Å². The van der Waals surface area contributed by atoms with Gasteiger partial charge in [-0.1, -0.05) is 6.07 Å². The molecule has 2 fully saturated rings. The van der Waals surface area contributed by atoms with Crippen LogP contribution in [-0.4, -0.2) is 67.1 Å². The summed E-state index contributed by atoms with van der Waals surface area (Å²) in [7, 11) is 0. The quantitative estimate of drug-likeness (QED) is 0.794. The molecular weight excluding hydrogens is 406 g/mol. The number of rotatable bonds is 4. The maximum absolute atomic E-state index is 12.7. The van der Waals surface area contributed by atoms with Gasteiger partial charge in [0.2, 0.25) is 0 Å². The Hall–Kier alpha value is -0.820. The third kappa shape index (κ3) is 5.09. The number of carbonyl (C=O) groups is 1. The molecule has 0 spiro atoms. The Morgan fingerprint density at radius 1 is 1.32 bits per heavy atom. The minimum absolute atomic E-state index is 0. The van der Waals surface area contributed by atoms with Crippen LogP contribution >= 0.6 is 28.3 Å². The van der Waals surface area contributed by atoms with E-state index in [0.717, 1.165) is 61.5 Å². The van der Waals surface area contributed by atoms with E-state index >= 15 is 0 Å². The number of nitrogens with zero attached hydrogens (tertiary/aromatic N) is 2. The van der Waals surface area contributed by atoms with E-state index in [-0.39, 0.29) is 18.3 Å². The van der Waals surface area contributed by atoms with E-state index in [1.807, 2.05) is 36.9 Å². The highest BCUT2D eigenvalue weighted by Gasteiger charge is 2.33. The van der Waals surface area contributed by atoms with E-state index in [2.05, 4.69) is 26.1 Å². The first-order valence-corrected chi connectivity index (χ1v) is 9.50. The van der Waals surface area contributed by atoms with Gasteiger partial charge in [-0.25, -0.2) is 0 Å². The first kappa shape index (κ1) is 20.5. The molecule has 2 unspecified atom stereocenters. The lowest BCUT2D eigenvalue weighted by molar-refractivity contribution is -0.137. The highest BCUT2D eigenvalue weighted by atomic mass is 79.9. The monoisotopic (exact) mass is 431 g/mol. The molecule has 0 bridgehead atoms. The predicted molar refractivity (Wildman–Crippen MR) is 106 cm³/mol. The molecule has 25 heavy (non-hydrogen) atoms. The van der Waals surface area contributed by atoms with E-state index < -0.39 is 6.10 Å². The fourth-order valence-electron chi connectivity index (χ4n) is 3.49. The SMILES string of the molecule is Cc1ccc(OC(C)C(=O)N2CCC(N3CCNCC3)C2)c(Br)c1.Cl. The molecule has 2 aliphatic rings. The summed E-state index contributed by atoms with van der Waals surface area (Å²) in [5, 5.41) is 3.38. The Balaban J connectivity index is 0.00000225. The maximum atomic E-state index is 12.7. The van der Waals surface area contributed by atoms with Crippen molar-refractivity contribution in [3.63, 3.8) is 0 Å². The van der Waals surface area contributed by atoms with Crippen LogP contribution in [0.4, 0.5) is 0 Å². The third-order valence-corrected chi connectivity index (χ3v) is 5.50. The summed E-state index contributed by atoms with van der Waals surface area (Å²) in [6, 6.07) is 6.40. The van der Waals surface area contributed by atoms with Crippen molar-refractivity contribution in [3.8, 4) is 5.75 Å². The van der Waals surface area contributed by atoms with Crippen molar-refractivity contribution >= 4 is 34.2 Å². The fraction of sp³-hybridized carbons (Fsp3) is 0.611. The Bertz CT molecular complexity index is 596. The number of hydrogen-bond donors (Lipinski definition) is 1. The van der Waals surface area contributed by atoms with Crippen molar-refractivity contribution in [2.24, 2.45) is 0 Å². The number of halogens is 2. The van der Waals surface area contributed by atoms with Gasteiger partial charge in [0.1, 0.15) is 5.75 Å². The van der Waals surface area contributed by atoms with Crippen molar-refractivity contribution < 1.29 is 9.53 Å². The van der Waals surface area contributed by atoms with Gasteiger partial charge in [0.15, 0.2) is 6.10 Å². The van der Waals surface area contributed by atoms with Crippen molar-refractivity contribution in [3.05, 3.63) is 28.2 Å². The Morgan fingerprint density at radius 3 is 2.72 bits per heavy atom. The van der Waals surface area contributed by atoms with Crippen LogP contribution in [0.1, 0.15) is 18.9 Å². The molecule has 2 saturated heterocycles. The van der Waals surface area contributed by atoms with Gasteiger partial charge in [-0.2, -0.15) is 0 Å². The average Bonchev–Trinajstić information content (AvgIpc) is 3.07. The minimum atomic E-state index is -0.467. The summed E-state index contributed by atoms with van der Waals surface area (Å²) in [5.41, 5.74) is 1.16. The molecule has 2 heterocycles. The minimum Gasteiger partial charge on any atom is -0.480 e. The lowest BCUT2D eigenvalue weighted by Crippen LogP contribution is -2.50. The van der Waals surface area contributed by atoms with Gasteiger partial charge >= 0.3 is 0 Å². The maximum Gasteiger partial charge on any atom is 0.263 e. The van der Waals surface area contributed by atoms with Crippen LogP contribution in [0.3, 0.4) is 0 Å². The number of nitrogens with one attached hydrogen (secondary N) is 1. The van der Waals surface area contributed by atoms with Crippen LogP contribution in [0.15, 0.2) is 22.7 Å². The van der Waals surface area contributed by atoms with Gasteiger partial charge in [-0.05, 0) is 53.9 Å². The molecule has 3 rings (SSSR count). The summed E-state index contributed by atoms with van der Waals surface area (Å²) in [6.45, 7) is 9.77. The molecule has 2 atom stereocenters. The molecule has 0 saturated carbocycles. The lowest BCUT2D eigenvalue weighted by atomic mass is 10.2. The fourth-order valence-corrected chi connectivity index (χ4v) is 4.07.